The van der Waals surface area contributed by atoms with E-state index in [0.717, 1.165) is 0 Å². The SMILES string of the molecule is CNCP(=NP(=NC(C)(C)C)(N=P(N=P(CNC)(N(C)C)N(C)C)(N(C)C)N(C)C)N=P(N=P(N(C)C)(N(C)C)N(C)C)(N(C)C)N(C)C)(N=P(CNC)(N(C)C)N(C)C)N(C)C. The summed E-state index contributed by atoms with van der Waals surface area (Å²) in [7, 11) is 35.8. The van der Waals surface area contributed by atoms with Gasteiger partial charge in [0.15, 0.2) is 14.9 Å². The van der Waals surface area contributed by atoms with Gasteiger partial charge in [0.1, 0.15) is 14.7 Å². The summed E-state index contributed by atoms with van der Waals surface area (Å²) >= 11 is 0. The van der Waals surface area contributed by atoms with Crippen LogP contribution >= 0.6 is 52.1 Å². The van der Waals surface area contributed by atoms with Crippen LogP contribution in [0.15, 0.2) is 31.8 Å². The summed E-state index contributed by atoms with van der Waals surface area (Å²) in [5, 5.41) is 10.6. The maximum Gasteiger partial charge on any atom is 0.307 e. The van der Waals surface area contributed by atoms with Gasteiger partial charge >= 0.3 is 7.51 Å². The summed E-state index contributed by atoms with van der Waals surface area (Å²) in [6, 6.07) is 0. The van der Waals surface area contributed by atoms with Crippen LogP contribution in [0.2, 0.25) is 0 Å². The molecule has 380 valence electrons. The normalized spacial score (nSPS) is 16.2. The van der Waals surface area contributed by atoms with Gasteiger partial charge in [-0.05, 0) is 211 Å². The van der Waals surface area contributed by atoms with Gasteiger partial charge in [-0.25, -0.2) is 32.5 Å². The standard InChI is InChI=1S/C34H99N22P7/c1-34(2,3)38-60(40-57(31-35-4,45(7)8)39-58(32-36-5,46(9)10)47(11)12,42-61(50(17)18,51(19)20)41-59(33-37-6,48(13)14)49(15)16)43-62(52(21)22,53(23)24)44-63(54(25)26,55(27)28)56(29)30/h35-37H,31-33H2,1-30H3. The van der Waals surface area contributed by atoms with Gasteiger partial charge < -0.3 is 16.0 Å². The lowest BCUT2D eigenvalue weighted by Gasteiger charge is -2.45. The second-order valence-electron chi connectivity index (χ2n) is 18.7. The number of nitrogens with one attached hydrogen (secondary N) is 3. The van der Waals surface area contributed by atoms with Gasteiger partial charge in [-0.3, -0.25) is 37.4 Å². The predicted molar refractivity (Wildman–Crippen MR) is 291 cm³/mol. The molecular weight excluding hydrogens is 933 g/mol. The van der Waals surface area contributed by atoms with Crippen molar-refractivity contribution in [3.05, 3.63) is 0 Å². The van der Waals surface area contributed by atoms with Crippen molar-refractivity contribution in [2.24, 2.45) is 31.8 Å². The maximum absolute atomic E-state index is 6.31. The van der Waals surface area contributed by atoms with Gasteiger partial charge in [0, 0.05) is 0 Å². The molecule has 0 bridgehead atoms. The summed E-state index contributed by atoms with van der Waals surface area (Å²) in [5.74, 6) is 0. The molecular formula is C34H99N22P7. The summed E-state index contributed by atoms with van der Waals surface area (Å²) in [6.45, 7) is 6.39. The molecule has 22 nitrogen and oxygen atoms in total. The number of hydrogen-bond donors (Lipinski definition) is 3. The third-order valence-electron chi connectivity index (χ3n) is 10.0. The molecule has 0 spiro atoms. The monoisotopic (exact) mass is 1030 g/mol. The average Bonchev–Trinajstić information content (AvgIpc) is 3.10. The first-order valence-electron chi connectivity index (χ1n) is 21.0. The highest BCUT2D eigenvalue weighted by atomic mass is 31.3. The molecule has 3 N–H and O–H groups in total. The van der Waals surface area contributed by atoms with E-state index in [-0.39, 0.29) is 0 Å². The third kappa shape index (κ3) is 14.5. The molecule has 29 heteroatoms. The van der Waals surface area contributed by atoms with Gasteiger partial charge in [0.05, 0.1) is 24.4 Å². The fourth-order valence-electron chi connectivity index (χ4n) is 7.00. The Bertz CT molecular complexity index is 1780. The molecule has 0 fully saturated rings. The minimum atomic E-state index is -3.79. The van der Waals surface area contributed by atoms with Crippen molar-refractivity contribution in [1.82, 2.24) is 72.0 Å². The Labute approximate surface area is 389 Å². The highest BCUT2D eigenvalue weighted by Gasteiger charge is 2.44. The minimum Gasteiger partial charge on any atom is -0.312 e. The number of nitrogens with zero attached hydrogens (tertiary/aromatic N) is 19. The van der Waals surface area contributed by atoms with Crippen molar-refractivity contribution in [3.63, 3.8) is 0 Å². The summed E-state index contributed by atoms with van der Waals surface area (Å²) < 4.78 is 70.1. The Morgan fingerprint density at radius 1 is 0.333 bits per heavy atom. The Hall–Kier alpha value is 1.01. The lowest BCUT2D eigenvalue weighted by molar-refractivity contribution is 0.472. The molecule has 0 rings (SSSR count). The third-order valence-corrected chi connectivity index (χ3v) is 39.3. The molecule has 2 unspecified atom stereocenters. The fraction of sp³-hybridized carbons (Fsp3) is 1.00. The molecule has 2 atom stereocenters. The zero-order valence-electron chi connectivity index (χ0n) is 45.7. The molecule has 0 radical (unpaired) electrons. The molecule has 0 aromatic heterocycles. The van der Waals surface area contributed by atoms with Crippen LogP contribution < -0.4 is 16.0 Å². The van der Waals surface area contributed by atoms with E-state index in [1.807, 2.05) is 21.1 Å². The average molecular weight is 1030 g/mol. The molecule has 0 saturated carbocycles. The van der Waals surface area contributed by atoms with E-state index in [0.29, 0.717) is 18.9 Å². The van der Waals surface area contributed by atoms with Crippen LogP contribution in [-0.2, 0) is 0 Å². The molecule has 0 amide bonds. The van der Waals surface area contributed by atoms with Crippen LogP contribution in [-0.4, -0.2) is 271 Å². The van der Waals surface area contributed by atoms with E-state index in [1.54, 1.807) is 0 Å². The Balaban J connectivity index is 11.6. The molecule has 0 aliphatic rings. The van der Waals surface area contributed by atoms with Crippen LogP contribution in [0.1, 0.15) is 20.8 Å². The van der Waals surface area contributed by atoms with Crippen LogP contribution in [0.25, 0.3) is 0 Å². The topological polar surface area (TPSA) is 161 Å². The molecule has 0 aromatic rings. The van der Waals surface area contributed by atoms with Gasteiger partial charge in [-0.2, -0.15) is 18.1 Å². The van der Waals surface area contributed by atoms with Crippen LogP contribution in [0.5, 0.6) is 0 Å². The molecule has 63 heavy (non-hydrogen) atoms. The second-order valence-corrected chi connectivity index (χ2v) is 42.2. The van der Waals surface area contributed by atoms with Crippen LogP contribution in [0, 0.1) is 0 Å². The van der Waals surface area contributed by atoms with Crippen molar-refractivity contribution in [2.75, 3.05) is 209 Å². The van der Waals surface area contributed by atoms with Crippen molar-refractivity contribution in [3.8, 4) is 0 Å². The van der Waals surface area contributed by atoms with E-state index in [9.17, 15) is 0 Å². The van der Waals surface area contributed by atoms with Crippen molar-refractivity contribution >= 4 is 52.1 Å². The smallest absolute Gasteiger partial charge is 0.307 e. The maximum atomic E-state index is 6.31. The summed E-state index contributed by atoms with van der Waals surface area (Å²) in [5.41, 5.74) is -0.661. The van der Waals surface area contributed by atoms with Gasteiger partial charge in [0.2, 0.25) is 15.0 Å². The van der Waals surface area contributed by atoms with E-state index >= 15 is 0 Å². The lowest BCUT2D eigenvalue weighted by Crippen LogP contribution is -2.32. The van der Waals surface area contributed by atoms with E-state index in [1.165, 1.54) is 0 Å². The second kappa shape index (κ2) is 25.2. The summed E-state index contributed by atoms with van der Waals surface area (Å²) in [4.78, 5) is 0. The zero-order chi connectivity index (χ0) is 50.1. The zero-order valence-corrected chi connectivity index (χ0v) is 52.0. The van der Waals surface area contributed by atoms with E-state index in [4.69, 9.17) is 31.8 Å². The van der Waals surface area contributed by atoms with Crippen LogP contribution in [0.4, 0.5) is 0 Å². The van der Waals surface area contributed by atoms with Gasteiger partial charge in [0.25, 0.3) is 0 Å². The Morgan fingerprint density at radius 2 is 0.635 bits per heavy atom. The first kappa shape index (κ1) is 64.0. The quantitative estimate of drug-likeness (QED) is 0.0799. The minimum absolute atomic E-state index is 0.467. The van der Waals surface area contributed by atoms with Crippen LogP contribution in [0.3, 0.4) is 0 Å². The van der Waals surface area contributed by atoms with E-state index < -0.39 is 57.6 Å². The van der Waals surface area contributed by atoms with Crippen molar-refractivity contribution < 1.29 is 0 Å². The molecule has 0 aromatic carbocycles. The fourth-order valence-corrected chi connectivity index (χ4v) is 39.4. The van der Waals surface area contributed by atoms with E-state index in [2.05, 4.69) is 262 Å². The largest absolute Gasteiger partial charge is 0.312 e. The molecule has 0 aliphatic carbocycles. The van der Waals surface area contributed by atoms with Gasteiger partial charge in [-0.15, -0.1) is 0 Å². The highest BCUT2D eigenvalue weighted by molar-refractivity contribution is 7.84. The summed E-state index contributed by atoms with van der Waals surface area (Å²) in [6.07, 6.45) is 1.75. The van der Waals surface area contributed by atoms with Crippen molar-refractivity contribution in [2.45, 2.75) is 26.3 Å². The first-order chi connectivity index (χ1) is 28.5. The number of hydrogen-bond acceptors (Lipinski definition) is 4. The lowest BCUT2D eigenvalue weighted by atomic mass is 10.1. The number of rotatable bonds is 24. The Morgan fingerprint density at radius 3 is 0.873 bits per heavy atom. The van der Waals surface area contributed by atoms with Gasteiger partial charge in [-0.1, -0.05) is 0 Å². The molecule has 0 aliphatic heterocycles. The Kier molecular flexibility index (Phi) is 25.6. The highest BCUT2D eigenvalue weighted by Crippen LogP contribution is 2.82. The molecule has 0 heterocycles. The molecule has 0 saturated heterocycles. The van der Waals surface area contributed by atoms with Crippen molar-refractivity contribution in [1.29, 1.82) is 0 Å². The first-order valence-corrected chi connectivity index (χ1v) is 32.9. The predicted octanol–water partition coefficient (Wildman–Crippen LogP) is 7.93.